The van der Waals surface area contributed by atoms with Crippen LogP contribution in [-0.4, -0.2) is 53.0 Å². The summed E-state index contributed by atoms with van der Waals surface area (Å²) in [6, 6.07) is -0.969. The Bertz CT molecular complexity index is 336. The van der Waals surface area contributed by atoms with E-state index in [1.165, 1.54) is 4.90 Å². The molecule has 0 aromatic carbocycles. The Kier molecular flexibility index (Phi) is 5.17. The van der Waals surface area contributed by atoms with Gasteiger partial charge in [0.05, 0.1) is 12.7 Å². The van der Waals surface area contributed by atoms with Crippen LogP contribution in [0.5, 0.6) is 0 Å². The molecule has 1 aliphatic rings. The average Bonchev–Trinajstić information content (AvgIpc) is 2.26. The van der Waals surface area contributed by atoms with Crippen molar-refractivity contribution in [3.05, 3.63) is 0 Å². The SMILES string of the molecule is CCOC(=O)[C@@H]1[C@H](O)CCCN1C(=O)OC(C)(C)C. The molecule has 2 atom stereocenters. The Morgan fingerprint density at radius 1 is 1.37 bits per heavy atom. The monoisotopic (exact) mass is 273 g/mol. The fourth-order valence-electron chi connectivity index (χ4n) is 2.01. The van der Waals surface area contributed by atoms with Crippen molar-refractivity contribution in [2.75, 3.05) is 13.2 Å². The van der Waals surface area contributed by atoms with Crippen LogP contribution >= 0.6 is 0 Å². The minimum atomic E-state index is -0.969. The molecule has 0 radical (unpaired) electrons. The molecular formula is C13H23NO5. The van der Waals surface area contributed by atoms with E-state index in [0.717, 1.165) is 0 Å². The molecule has 1 fully saturated rings. The van der Waals surface area contributed by atoms with Crippen molar-refractivity contribution in [3.8, 4) is 0 Å². The summed E-state index contributed by atoms with van der Waals surface area (Å²) in [6.07, 6.45) is -0.386. The van der Waals surface area contributed by atoms with Gasteiger partial charge in [-0.2, -0.15) is 0 Å². The highest BCUT2D eigenvalue weighted by Gasteiger charge is 2.41. The first-order valence-electron chi connectivity index (χ1n) is 6.60. The van der Waals surface area contributed by atoms with E-state index in [9.17, 15) is 14.7 Å². The summed E-state index contributed by atoms with van der Waals surface area (Å²) in [5, 5.41) is 9.93. The molecule has 1 N–H and O–H groups in total. The molecule has 6 nitrogen and oxygen atoms in total. The summed E-state index contributed by atoms with van der Waals surface area (Å²) in [5.74, 6) is -0.583. The molecule has 0 aromatic rings. The molecule has 1 rings (SSSR count). The van der Waals surface area contributed by atoms with E-state index in [1.54, 1.807) is 27.7 Å². The summed E-state index contributed by atoms with van der Waals surface area (Å²) in [6.45, 7) is 7.55. The van der Waals surface area contributed by atoms with Crippen molar-refractivity contribution in [3.63, 3.8) is 0 Å². The molecule has 1 aliphatic heterocycles. The number of likely N-dealkylation sites (tertiary alicyclic amines) is 1. The minimum absolute atomic E-state index is 0.213. The summed E-state index contributed by atoms with van der Waals surface area (Å²) in [7, 11) is 0. The molecule has 0 unspecified atom stereocenters. The molecule has 0 aromatic heterocycles. The maximum absolute atomic E-state index is 12.1. The molecular weight excluding hydrogens is 250 g/mol. The van der Waals surface area contributed by atoms with Crippen molar-refractivity contribution >= 4 is 12.1 Å². The zero-order chi connectivity index (χ0) is 14.6. The number of hydrogen-bond acceptors (Lipinski definition) is 5. The Morgan fingerprint density at radius 3 is 2.53 bits per heavy atom. The standard InChI is InChI=1S/C13H23NO5/c1-5-18-11(16)10-9(15)7-6-8-14(10)12(17)19-13(2,3)4/h9-10,15H,5-8H2,1-4H3/t9-,10+/m1/s1. The van der Waals surface area contributed by atoms with Gasteiger partial charge in [0.15, 0.2) is 6.04 Å². The summed E-state index contributed by atoms with van der Waals surface area (Å²) in [4.78, 5) is 25.2. The molecule has 0 bridgehead atoms. The minimum Gasteiger partial charge on any atom is -0.464 e. The van der Waals surface area contributed by atoms with Crippen LogP contribution in [0.4, 0.5) is 4.79 Å². The molecule has 1 heterocycles. The third-order valence-corrected chi connectivity index (χ3v) is 2.76. The fourth-order valence-corrected chi connectivity index (χ4v) is 2.01. The third kappa shape index (κ3) is 4.38. The van der Waals surface area contributed by atoms with E-state index in [-0.39, 0.29) is 6.61 Å². The number of ether oxygens (including phenoxy) is 2. The third-order valence-electron chi connectivity index (χ3n) is 2.76. The second-order valence-corrected chi connectivity index (χ2v) is 5.58. The smallest absolute Gasteiger partial charge is 0.411 e. The lowest BCUT2D eigenvalue weighted by atomic mass is 9.99. The molecule has 19 heavy (non-hydrogen) atoms. The number of hydrogen-bond donors (Lipinski definition) is 1. The first-order chi connectivity index (χ1) is 8.76. The van der Waals surface area contributed by atoms with Crippen LogP contribution in [0.25, 0.3) is 0 Å². The maximum atomic E-state index is 12.1. The number of piperidine rings is 1. The molecule has 0 aliphatic carbocycles. The van der Waals surface area contributed by atoms with Crippen molar-refractivity contribution < 1.29 is 24.2 Å². The molecule has 1 amide bonds. The largest absolute Gasteiger partial charge is 0.464 e. The number of carbonyl (C=O) groups is 2. The lowest BCUT2D eigenvalue weighted by molar-refractivity contribution is -0.156. The van der Waals surface area contributed by atoms with Crippen LogP contribution in [0.1, 0.15) is 40.5 Å². The quantitative estimate of drug-likeness (QED) is 0.768. The van der Waals surface area contributed by atoms with Crippen LogP contribution in [0.15, 0.2) is 0 Å². The lowest BCUT2D eigenvalue weighted by Gasteiger charge is -2.37. The van der Waals surface area contributed by atoms with E-state index in [1.807, 2.05) is 0 Å². The van der Waals surface area contributed by atoms with Crippen LogP contribution in [0.2, 0.25) is 0 Å². The summed E-state index contributed by atoms with van der Waals surface area (Å²) >= 11 is 0. The van der Waals surface area contributed by atoms with Crippen molar-refractivity contribution in [2.45, 2.75) is 58.3 Å². The van der Waals surface area contributed by atoms with Gasteiger partial charge in [0, 0.05) is 6.54 Å². The predicted molar refractivity (Wildman–Crippen MR) is 68.6 cm³/mol. The van der Waals surface area contributed by atoms with Gasteiger partial charge in [-0.1, -0.05) is 0 Å². The van der Waals surface area contributed by atoms with E-state index in [0.29, 0.717) is 19.4 Å². The molecule has 1 saturated heterocycles. The van der Waals surface area contributed by atoms with Gasteiger partial charge in [-0.3, -0.25) is 4.90 Å². The van der Waals surface area contributed by atoms with Crippen LogP contribution < -0.4 is 0 Å². The number of aliphatic hydroxyl groups is 1. The van der Waals surface area contributed by atoms with Crippen molar-refractivity contribution in [1.82, 2.24) is 4.90 Å². The molecule has 6 heteroatoms. The Hall–Kier alpha value is -1.30. The van der Waals surface area contributed by atoms with Gasteiger partial charge in [0.1, 0.15) is 5.60 Å². The first-order valence-corrected chi connectivity index (χ1v) is 6.60. The first kappa shape index (κ1) is 15.8. The highest BCUT2D eigenvalue weighted by atomic mass is 16.6. The molecule has 0 saturated carbocycles. The van der Waals surface area contributed by atoms with Gasteiger partial charge < -0.3 is 14.6 Å². The van der Waals surface area contributed by atoms with Crippen LogP contribution in [0.3, 0.4) is 0 Å². The number of esters is 1. The van der Waals surface area contributed by atoms with Gasteiger partial charge in [-0.25, -0.2) is 9.59 Å². The van der Waals surface area contributed by atoms with Gasteiger partial charge in [0.2, 0.25) is 0 Å². The number of rotatable bonds is 2. The van der Waals surface area contributed by atoms with Crippen molar-refractivity contribution in [2.24, 2.45) is 0 Å². The Labute approximate surface area is 113 Å². The van der Waals surface area contributed by atoms with Crippen molar-refractivity contribution in [1.29, 1.82) is 0 Å². The average molecular weight is 273 g/mol. The van der Waals surface area contributed by atoms with E-state index < -0.39 is 29.8 Å². The van der Waals surface area contributed by atoms with Gasteiger partial charge >= 0.3 is 12.1 Å². The summed E-state index contributed by atoms with van der Waals surface area (Å²) < 4.78 is 10.2. The van der Waals surface area contributed by atoms with Crippen LogP contribution in [-0.2, 0) is 14.3 Å². The second-order valence-electron chi connectivity index (χ2n) is 5.58. The normalized spacial score (nSPS) is 23.9. The number of aliphatic hydroxyl groups excluding tert-OH is 1. The topological polar surface area (TPSA) is 76.1 Å². The highest BCUT2D eigenvalue weighted by molar-refractivity contribution is 5.82. The Morgan fingerprint density at radius 2 is 2.00 bits per heavy atom. The zero-order valence-corrected chi connectivity index (χ0v) is 12.0. The van der Waals surface area contributed by atoms with E-state index >= 15 is 0 Å². The predicted octanol–water partition coefficient (Wildman–Crippen LogP) is 1.31. The van der Waals surface area contributed by atoms with Gasteiger partial charge in [-0.05, 0) is 40.5 Å². The second kappa shape index (κ2) is 6.23. The Balaban J connectivity index is 2.82. The lowest BCUT2D eigenvalue weighted by Crippen LogP contribution is -2.56. The van der Waals surface area contributed by atoms with E-state index in [2.05, 4.69) is 0 Å². The maximum Gasteiger partial charge on any atom is 0.411 e. The summed E-state index contributed by atoms with van der Waals surface area (Å²) in [5.41, 5.74) is -0.640. The zero-order valence-electron chi connectivity index (χ0n) is 12.0. The molecule has 110 valence electrons. The number of carbonyl (C=O) groups excluding carboxylic acids is 2. The highest BCUT2D eigenvalue weighted by Crippen LogP contribution is 2.22. The number of nitrogens with zero attached hydrogens (tertiary/aromatic N) is 1. The van der Waals surface area contributed by atoms with Crippen LogP contribution in [0, 0.1) is 0 Å². The number of amides is 1. The molecule has 0 spiro atoms. The van der Waals surface area contributed by atoms with Gasteiger partial charge in [-0.15, -0.1) is 0 Å². The van der Waals surface area contributed by atoms with Gasteiger partial charge in [0.25, 0.3) is 0 Å². The van der Waals surface area contributed by atoms with E-state index in [4.69, 9.17) is 9.47 Å². The fraction of sp³-hybridized carbons (Fsp3) is 0.846.